The molecule has 0 fully saturated rings. The Morgan fingerprint density at radius 1 is 1.43 bits per heavy atom. The first kappa shape index (κ1) is 8.41. The van der Waals surface area contributed by atoms with Crippen molar-refractivity contribution in [2.75, 3.05) is 0 Å². The van der Waals surface area contributed by atoms with E-state index in [1.54, 1.807) is 11.3 Å². The lowest BCUT2D eigenvalue weighted by Gasteiger charge is -2.14. The third kappa shape index (κ3) is 0.919. The van der Waals surface area contributed by atoms with Gasteiger partial charge < -0.3 is 0 Å². The van der Waals surface area contributed by atoms with Gasteiger partial charge in [-0.15, -0.1) is 0 Å². The van der Waals surface area contributed by atoms with Gasteiger partial charge in [-0.3, -0.25) is 0 Å². The highest BCUT2D eigenvalue weighted by Gasteiger charge is 2.35. The van der Waals surface area contributed by atoms with Crippen LogP contribution in [-0.2, 0) is 11.8 Å². The van der Waals surface area contributed by atoms with Crippen LogP contribution in [0, 0.1) is 6.92 Å². The van der Waals surface area contributed by atoms with Crippen molar-refractivity contribution in [3.05, 3.63) is 16.4 Å². The maximum Gasteiger partial charge on any atom is 0.212 e. The molecule has 0 saturated carbocycles. The van der Waals surface area contributed by atoms with Crippen molar-refractivity contribution in [1.82, 2.24) is 14.6 Å². The number of aromatic nitrogens is 3. The molecular formula is C10H13N3S. The van der Waals surface area contributed by atoms with Crippen molar-refractivity contribution in [2.24, 2.45) is 0 Å². The average molecular weight is 207 g/mol. The lowest BCUT2D eigenvalue weighted by Crippen LogP contribution is -2.12. The first-order valence-electron chi connectivity index (χ1n) is 4.93. The van der Waals surface area contributed by atoms with Crippen LogP contribution in [0.15, 0.2) is 0 Å². The van der Waals surface area contributed by atoms with Crippen LogP contribution in [-0.4, -0.2) is 14.6 Å². The Bertz CT molecular complexity index is 507. The summed E-state index contributed by atoms with van der Waals surface area (Å²) in [6.07, 6.45) is 2.32. The van der Waals surface area contributed by atoms with Crippen LogP contribution in [0.3, 0.4) is 0 Å². The highest BCUT2D eigenvalue weighted by molar-refractivity contribution is 7.16. The van der Waals surface area contributed by atoms with Crippen LogP contribution in [0.1, 0.15) is 36.7 Å². The minimum absolute atomic E-state index is 0.247. The van der Waals surface area contributed by atoms with Crippen molar-refractivity contribution in [2.45, 2.75) is 39.0 Å². The zero-order chi connectivity index (χ0) is 9.92. The highest BCUT2D eigenvalue weighted by Crippen LogP contribution is 2.38. The number of rotatable bonds is 0. The third-order valence-electron chi connectivity index (χ3n) is 3.03. The quantitative estimate of drug-likeness (QED) is 0.663. The molecule has 1 aliphatic carbocycles. The maximum atomic E-state index is 4.69. The largest absolute Gasteiger partial charge is 0.222 e. The Hall–Kier alpha value is -0.900. The minimum Gasteiger partial charge on any atom is -0.222 e. The fraction of sp³-hybridized carbons (Fsp3) is 0.600. The van der Waals surface area contributed by atoms with E-state index in [1.807, 2.05) is 11.4 Å². The smallest absolute Gasteiger partial charge is 0.212 e. The van der Waals surface area contributed by atoms with Gasteiger partial charge in [0.2, 0.25) is 4.96 Å². The second-order valence-corrected chi connectivity index (χ2v) is 5.77. The summed E-state index contributed by atoms with van der Waals surface area (Å²) in [6, 6.07) is 0. The molecule has 0 amide bonds. The van der Waals surface area contributed by atoms with Crippen molar-refractivity contribution in [3.63, 3.8) is 0 Å². The molecule has 2 heterocycles. The van der Waals surface area contributed by atoms with E-state index < -0.39 is 0 Å². The molecule has 1 aliphatic rings. The van der Waals surface area contributed by atoms with Crippen LogP contribution in [0.25, 0.3) is 4.96 Å². The lowest BCUT2D eigenvalue weighted by molar-refractivity contribution is 0.510. The zero-order valence-electron chi connectivity index (χ0n) is 8.66. The number of hydrogen-bond donors (Lipinski definition) is 0. The molecule has 0 spiro atoms. The molecular weight excluding hydrogens is 194 g/mol. The number of aryl methyl sites for hydroxylation is 2. The van der Waals surface area contributed by atoms with Crippen LogP contribution in [0.4, 0.5) is 0 Å². The Kier molecular flexibility index (Phi) is 1.42. The molecule has 0 radical (unpaired) electrons. The summed E-state index contributed by atoms with van der Waals surface area (Å²) in [5, 5.41) is 5.58. The molecule has 2 aromatic rings. The monoisotopic (exact) mass is 207 g/mol. The molecule has 0 unspecified atom stereocenters. The fourth-order valence-corrected chi connectivity index (χ4v) is 2.96. The molecule has 4 heteroatoms. The van der Waals surface area contributed by atoms with Crippen molar-refractivity contribution in [3.8, 4) is 0 Å². The van der Waals surface area contributed by atoms with E-state index in [4.69, 9.17) is 0 Å². The summed E-state index contributed by atoms with van der Waals surface area (Å²) in [6.45, 7) is 6.57. The van der Waals surface area contributed by atoms with E-state index in [2.05, 4.69) is 23.9 Å². The molecule has 0 aliphatic heterocycles. The molecule has 74 valence electrons. The van der Waals surface area contributed by atoms with E-state index >= 15 is 0 Å². The van der Waals surface area contributed by atoms with Crippen LogP contribution in [0.2, 0.25) is 0 Å². The average Bonchev–Trinajstić information content (AvgIpc) is 2.64. The molecule has 3 rings (SSSR count). The van der Waals surface area contributed by atoms with Gasteiger partial charge in [0, 0.05) is 5.41 Å². The second-order valence-electron chi connectivity index (χ2n) is 4.61. The van der Waals surface area contributed by atoms with Crippen LogP contribution >= 0.6 is 11.3 Å². The van der Waals surface area contributed by atoms with E-state index in [0.717, 1.165) is 16.4 Å². The number of hydrogen-bond acceptors (Lipinski definition) is 3. The van der Waals surface area contributed by atoms with Crippen molar-refractivity contribution >= 4 is 16.3 Å². The predicted octanol–water partition coefficient (Wildman–Crippen LogP) is 2.32. The molecule has 14 heavy (non-hydrogen) atoms. The summed E-state index contributed by atoms with van der Waals surface area (Å²) in [5.74, 6) is 0. The zero-order valence-corrected chi connectivity index (χ0v) is 9.48. The normalized spacial score (nSPS) is 19.1. The Morgan fingerprint density at radius 3 is 3.00 bits per heavy atom. The standard InChI is InChI=1S/C10H13N3S/c1-6-12-13-7-4-5-10(2,3)8(7)11-9(13)14-6/h4-5H2,1-3H3. The van der Waals surface area contributed by atoms with Gasteiger partial charge in [0.05, 0.1) is 11.4 Å². The maximum absolute atomic E-state index is 4.69. The highest BCUT2D eigenvalue weighted by atomic mass is 32.1. The summed E-state index contributed by atoms with van der Waals surface area (Å²) in [4.78, 5) is 5.74. The first-order chi connectivity index (χ1) is 6.58. The van der Waals surface area contributed by atoms with Gasteiger partial charge in [-0.05, 0) is 19.8 Å². The third-order valence-corrected chi connectivity index (χ3v) is 3.85. The Morgan fingerprint density at radius 2 is 2.21 bits per heavy atom. The molecule has 0 atom stereocenters. The summed E-state index contributed by atoms with van der Waals surface area (Å²) < 4.78 is 2.03. The number of nitrogens with zero attached hydrogens (tertiary/aromatic N) is 3. The number of imidazole rings is 1. The number of fused-ring (bicyclic) bond motifs is 3. The van der Waals surface area contributed by atoms with E-state index in [9.17, 15) is 0 Å². The van der Waals surface area contributed by atoms with E-state index in [-0.39, 0.29) is 5.41 Å². The SMILES string of the molecule is Cc1nn2c3c(nc2s1)C(C)(C)CC3. The topological polar surface area (TPSA) is 30.2 Å². The van der Waals surface area contributed by atoms with E-state index in [0.29, 0.717) is 0 Å². The second kappa shape index (κ2) is 2.37. The van der Waals surface area contributed by atoms with Gasteiger partial charge in [0.1, 0.15) is 5.01 Å². The Labute approximate surface area is 86.8 Å². The molecule has 0 N–H and O–H groups in total. The predicted molar refractivity (Wildman–Crippen MR) is 56.9 cm³/mol. The summed E-state index contributed by atoms with van der Waals surface area (Å²) in [7, 11) is 0. The molecule has 2 aromatic heterocycles. The minimum atomic E-state index is 0.247. The summed E-state index contributed by atoms with van der Waals surface area (Å²) >= 11 is 1.68. The molecule has 0 bridgehead atoms. The van der Waals surface area contributed by atoms with Crippen molar-refractivity contribution in [1.29, 1.82) is 0 Å². The van der Waals surface area contributed by atoms with E-state index in [1.165, 1.54) is 17.8 Å². The van der Waals surface area contributed by atoms with Gasteiger partial charge >= 0.3 is 0 Å². The van der Waals surface area contributed by atoms with Gasteiger partial charge in [0.15, 0.2) is 0 Å². The van der Waals surface area contributed by atoms with Gasteiger partial charge in [-0.2, -0.15) is 5.10 Å². The fourth-order valence-electron chi connectivity index (χ4n) is 2.20. The first-order valence-corrected chi connectivity index (χ1v) is 5.75. The van der Waals surface area contributed by atoms with Gasteiger partial charge in [0.25, 0.3) is 0 Å². The van der Waals surface area contributed by atoms with Crippen LogP contribution in [0.5, 0.6) is 0 Å². The Balaban J connectivity index is 2.34. The molecule has 0 saturated heterocycles. The van der Waals surface area contributed by atoms with Crippen LogP contribution < -0.4 is 0 Å². The summed E-state index contributed by atoms with van der Waals surface area (Å²) in [5.41, 5.74) is 2.84. The molecule has 3 nitrogen and oxygen atoms in total. The van der Waals surface area contributed by atoms with Gasteiger partial charge in [-0.1, -0.05) is 25.2 Å². The lowest BCUT2D eigenvalue weighted by atomic mass is 9.91. The molecule has 0 aromatic carbocycles. The van der Waals surface area contributed by atoms with Crippen molar-refractivity contribution < 1.29 is 0 Å². The van der Waals surface area contributed by atoms with Gasteiger partial charge in [-0.25, -0.2) is 9.50 Å².